The molecule has 0 spiro atoms. The van der Waals surface area contributed by atoms with E-state index < -0.39 is 17.5 Å². The summed E-state index contributed by atoms with van der Waals surface area (Å²) in [6.45, 7) is 6.78. The van der Waals surface area contributed by atoms with E-state index in [1.165, 1.54) is 32.1 Å². The minimum Gasteiger partial charge on any atom is -0.504 e. The van der Waals surface area contributed by atoms with E-state index in [4.69, 9.17) is 9.47 Å². The molecular weight excluding hydrogens is 372 g/mol. The summed E-state index contributed by atoms with van der Waals surface area (Å²) in [7, 11) is 0. The molecule has 0 aliphatic rings. The van der Waals surface area contributed by atoms with Crippen molar-refractivity contribution in [1.82, 2.24) is 0 Å². The first-order chi connectivity index (χ1) is 14.0. The van der Waals surface area contributed by atoms with E-state index in [1.54, 1.807) is 0 Å². The largest absolute Gasteiger partial charge is 0.504 e. The fourth-order valence-electron chi connectivity index (χ4n) is 3.33. The van der Waals surface area contributed by atoms with Crippen LogP contribution in [0.15, 0.2) is 0 Å². The van der Waals surface area contributed by atoms with Gasteiger partial charge in [0.05, 0.1) is 13.2 Å². The van der Waals surface area contributed by atoms with Gasteiger partial charge in [-0.15, -0.1) is 0 Å². The molecule has 0 amide bonds. The number of ether oxygens (including phenoxy) is 2. The van der Waals surface area contributed by atoms with Crippen LogP contribution in [-0.2, 0) is 6.42 Å². The van der Waals surface area contributed by atoms with Crippen LogP contribution in [-0.4, -0.2) is 34.5 Å². The van der Waals surface area contributed by atoms with Gasteiger partial charge in [-0.25, -0.2) is 4.79 Å². The number of phenols is 2. The Morgan fingerprint density at radius 1 is 0.724 bits per heavy atom. The van der Waals surface area contributed by atoms with Crippen molar-refractivity contribution >= 4 is 5.97 Å². The summed E-state index contributed by atoms with van der Waals surface area (Å²) in [5.41, 5.74) is 0.110. The number of carboxylic acid groups (broad SMARTS) is 1. The average molecular weight is 411 g/mol. The minimum atomic E-state index is -1.28. The van der Waals surface area contributed by atoms with Gasteiger partial charge in [0.15, 0.2) is 11.5 Å². The number of rotatable bonds is 16. The predicted octanol–water partition coefficient (Wildman–Crippen LogP) is 6.06. The van der Waals surface area contributed by atoms with Crippen molar-refractivity contribution in [2.75, 3.05) is 13.2 Å². The second-order valence-corrected chi connectivity index (χ2v) is 7.44. The molecule has 0 fully saturated rings. The van der Waals surface area contributed by atoms with Gasteiger partial charge in [-0.3, -0.25) is 0 Å². The minimum absolute atomic E-state index is 0.0392. The number of hydrogen-bond donors (Lipinski definition) is 3. The monoisotopic (exact) mass is 410 g/mol. The lowest BCUT2D eigenvalue weighted by atomic mass is 9.97. The van der Waals surface area contributed by atoms with Crippen molar-refractivity contribution in [3.05, 3.63) is 11.1 Å². The number of unbranched alkanes of at least 4 members (excludes halogenated alkanes) is 7. The van der Waals surface area contributed by atoms with Gasteiger partial charge in [-0.1, -0.05) is 65.7 Å². The highest BCUT2D eigenvalue weighted by molar-refractivity contribution is 5.96. The molecule has 0 unspecified atom stereocenters. The Bertz CT molecular complexity index is 627. The number of aromatic hydroxyl groups is 2. The van der Waals surface area contributed by atoms with Crippen LogP contribution >= 0.6 is 0 Å². The fourth-order valence-corrected chi connectivity index (χ4v) is 3.33. The van der Waals surface area contributed by atoms with Crippen LogP contribution in [0.1, 0.15) is 101 Å². The van der Waals surface area contributed by atoms with Crippen LogP contribution in [0, 0.1) is 0 Å². The first-order valence-electron chi connectivity index (χ1n) is 11.1. The molecule has 0 saturated heterocycles. The second-order valence-electron chi connectivity index (χ2n) is 7.44. The van der Waals surface area contributed by atoms with E-state index in [1.807, 2.05) is 13.8 Å². The van der Waals surface area contributed by atoms with E-state index in [0.717, 1.165) is 25.7 Å². The number of phenolic OH excluding ortho intramolecular Hbond substituents is 1. The van der Waals surface area contributed by atoms with Gasteiger partial charge in [0, 0.05) is 5.56 Å². The molecule has 0 radical (unpaired) electrons. The summed E-state index contributed by atoms with van der Waals surface area (Å²) < 4.78 is 11.4. The third-order valence-electron chi connectivity index (χ3n) is 4.85. The molecule has 0 heterocycles. The molecule has 6 heteroatoms. The molecule has 1 aromatic carbocycles. The molecule has 6 nitrogen and oxygen atoms in total. The van der Waals surface area contributed by atoms with E-state index >= 15 is 0 Å². The summed E-state index contributed by atoms with van der Waals surface area (Å²) in [5.74, 6) is -2.22. The van der Waals surface area contributed by atoms with Gasteiger partial charge >= 0.3 is 5.97 Å². The molecule has 3 N–H and O–H groups in total. The van der Waals surface area contributed by atoms with Gasteiger partial charge in [0.2, 0.25) is 11.5 Å². The Labute approximate surface area is 174 Å². The summed E-state index contributed by atoms with van der Waals surface area (Å²) in [5, 5.41) is 30.3. The summed E-state index contributed by atoms with van der Waals surface area (Å²) >= 11 is 0. The zero-order chi connectivity index (χ0) is 21.6. The average Bonchev–Trinajstić information content (AvgIpc) is 2.70. The van der Waals surface area contributed by atoms with E-state index in [0.29, 0.717) is 31.6 Å². The van der Waals surface area contributed by atoms with E-state index in [2.05, 4.69) is 6.92 Å². The molecule has 0 saturated carbocycles. The third kappa shape index (κ3) is 7.67. The summed E-state index contributed by atoms with van der Waals surface area (Å²) in [6, 6.07) is 0. The maximum absolute atomic E-state index is 11.8. The van der Waals surface area contributed by atoms with Crippen molar-refractivity contribution < 1.29 is 29.6 Å². The Balaban J connectivity index is 3.03. The van der Waals surface area contributed by atoms with E-state index in [9.17, 15) is 20.1 Å². The first kappa shape index (κ1) is 24.9. The zero-order valence-corrected chi connectivity index (χ0v) is 18.3. The van der Waals surface area contributed by atoms with Crippen LogP contribution < -0.4 is 9.47 Å². The summed E-state index contributed by atoms with van der Waals surface area (Å²) in [4.78, 5) is 11.8. The molecule has 0 aromatic heterocycles. The third-order valence-corrected chi connectivity index (χ3v) is 4.85. The SMILES string of the molecule is CCCCCCCCCCc1c(OCCC)c(OCCC)c(O)c(O)c1C(=O)O. The number of aromatic carboxylic acids is 1. The Hall–Kier alpha value is -2.11. The topological polar surface area (TPSA) is 96.2 Å². The van der Waals surface area contributed by atoms with Crippen LogP contribution in [0.4, 0.5) is 0 Å². The van der Waals surface area contributed by atoms with Crippen molar-refractivity contribution in [2.45, 2.75) is 91.4 Å². The van der Waals surface area contributed by atoms with Crippen LogP contribution in [0.25, 0.3) is 0 Å². The predicted molar refractivity (Wildman–Crippen MR) is 115 cm³/mol. The van der Waals surface area contributed by atoms with Crippen molar-refractivity contribution in [1.29, 1.82) is 0 Å². The maximum atomic E-state index is 11.8. The van der Waals surface area contributed by atoms with Gasteiger partial charge in [0.25, 0.3) is 0 Å². The Morgan fingerprint density at radius 3 is 1.76 bits per heavy atom. The fraction of sp³-hybridized carbons (Fsp3) is 0.696. The number of hydrogen-bond acceptors (Lipinski definition) is 5. The molecule has 166 valence electrons. The lowest BCUT2D eigenvalue weighted by molar-refractivity contribution is 0.0690. The van der Waals surface area contributed by atoms with Gasteiger partial charge in [0.1, 0.15) is 5.56 Å². The van der Waals surface area contributed by atoms with Crippen LogP contribution in [0.3, 0.4) is 0 Å². The quantitative estimate of drug-likeness (QED) is 0.226. The van der Waals surface area contributed by atoms with Crippen LogP contribution in [0.5, 0.6) is 23.0 Å². The number of benzene rings is 1. The van der Waals surface area contributed by atoms with Crippen molar-refractivity contribution in [3.8, 4) is 23.0 Å². The molecule has 29 heavy (non-hydrogen) atoms. The van der Waals surface area contributed by atoms with Crippen molar-refractivity contribution in [2.24, 2.45) is 0 Å². The molecule has 0 bridgehead atoms. The number of carboxylic acids is 1. The molecule has 1 aromatic rings. The molecule has 1 rings (SSSR count). The zero-order valence-electron chi connectivity index (χ0n) is 18.3. The van der Waals surface area contributed by atoms with Gasteiger partial charge in [-0.05, 0) is 25.7 Å². The lowest BCUT2D eigenvalue weighted by Gasteiger charge is -2.20. The highest BCUT2D eigenvalue weighted by Crippen LogP contribution is 2.49. The van der Waals surface area contributed by atoms with Crippen molar-refractivity contribution in [3.63, 3.8) is 0 Å². The second kappa shape index (κ2) is 14.0. The van der Waals surface area contributed by atoms with Crippen LogP contribution in [0.2, 0.25) is 0 Å². The smallest absolute Gasteiger partial charge is 0.340 e. The summed E-state index contributed by atoms with van der Waals surface area (Å²) in [6.07, 6.45) is 10.9. The maximum Gasteiger partial charge on any atom is 0.340 e. The lowest BCUT2D eigenvalue weighted by Crippen LogP contribution is -2.10. The molecule has 0 atom stereocenters. The molecule has 0 aliphatic carbocycles. The highest BCUT2D eigenvalue weighted by atomic mass is 16.5. The van der Waals surface area contributed by atoms with E-state index in [-0.39, 0.29) is 17.1 Å². The molecular formula is C23H38O6. The standard InChI is InChI=1S/C23H38O6/c1-4-7-8-9-10-11-12-13-14-17-18(23(26)27)19(24)20(25)22(29-16-6-3)21(17)28-15-5-2/h24-25H,4-16H2,1-3H3,(H,26,27). The molecule has 0 aliphatic heterocycles. The normalized spacial score (nSPS) is 10.9. The Kier molecular flexibility index (Phi) is 12.0. The Morgan fingerprint density at radius 2 is 1.24 bits per heavy atom. The number of carbonyl (C=O) groups is 1. The van der Waals surface area contributed by atoms with Gasteiger partial charge in [-0.2, -0.15) is 0 Å². The first-order valence-corrected chi connectivity index (χ1v) is 11.1. The highest BCUT2D eigenvalue weighted by Gasteiger charge is 2.29. The van der Waals surface area contributed by atoms with Gasteiger partial charge < -0.3 is 24.8 Å².